The Hall–Kier alpha value is 0.217. The molecular weight excluding hydrogens is 148 g/mol. The normalized spacial score (nSPS) is 52.4. The maximum Gasteiger partial charge on any atom is 0 e. The van der Waals surface area contributed by atoms with Crippen LogP contribution in [-0.2, 0) is 0 Å². The fourth-order valence-electron chi connectivity index (χ4n) is 3.98. The van der Waals surface area contributed by atoms with Gasteiger partial charge in [0.15, 0.2) is 0 Å². The van der Waals surface area contributed by atoms with Crippen LogP contribution in [0.1, 0.15) is 38.5 Å². The van der Waals surface area contributed by atoms with Gasteiger partial charge in [0.2, 0.25) is 0 Å². The molecule has 4 aliphatic rings. The first-order valence-corrected chi connectivity index (χ1v) is 4.90. The molecule has 60 valence electrons. The molecule has 0 aromatic rings. The Labute approximate surface area is 73.8 Å². The van der Waals surface area contributed by atoms with E-state index in [9.17, 15) is 0 Å². The number of hydrogen-bond acceptors (Lipinski definition) is 0. The van der Waals surface area contributed by atoms with Gasteiger partial charge in [0.1, 0.15) is 0 Å². The van der Waals surface area contributed by atoms with Crippen molar-refractivity contribution in [2.75, 3.05) is 0 Å². The summed E-state index contributed by atoms with van der Waals surface area (Å²) >= 11 is 0. The van der Waals surface area contributed by atoms with Crippen LogP contribution in [0.3, 0.4) is 0 Å². The van der Waals surface area contributed by atoms with Crippen LogP contribution in [-0.4, -0.2) is 11.0 Å². The number of rotatable bonds is 0. The van der Waals surface area contributed by atoms with Gasteiger partial charge in [0, 0.05) is 11.0 Å². The molecule has 4 bridgehead atoms. The zero-order chi connectivity index (χ0) is 6.55. The van der Waals surface area contributed by atoms with Gasteiger partial charge in [-0.05, 0) is 62.2 Å². The molecule has 0 aromatic carbocycles. The van der Waals surface area contributed by atoms with Gasteiger partial charge in [0.05, 0.1) is 0 Å². The van der Waals surface area contributed by atoms with E-state index in [1.165, 1.54) is 23.7 Å². The van der Waals surface area contributed by atoms with Crippen LogP contribution in [0.2, 0.25) is 0 Å². The Balaban J connectivity index is 0.000000480. The molecule has 1 heteroatoms. The van der Waals surface area contributed by atoms with Crippen LogP contribution < -0.4 is 0 Å². The third-order valence-corrected chi connectivity index (χ3v) is 4.00. The van der Waals surface area contributed by atoms with Crippen LogP contribution in [0.4, 0.5) is 0 Å². The van der Waals surface area contributed by atoms with Gasteiger partial charge in [-0.1, -0.05) is 0 Å². The smallest absolute Gasteiger partial charge is 0 e. The lowest BCUT2D eigenvalue weighted by Gasteiger charge is -2.49. The molecule has 4 saturated carbocycles. The highest BCUT2D eigenvalue weighted by molar-refractivity contribution is 5.75. The molecule has 4 fully saturated rings. The lowest BCUT2D eigenvalue weighted by Crippen LogP contribution is -2.38. The molecule has 4 rings (SSSR count). The van der Waals surface area contributed by atoms with E-state index >= 15 is 0 Å². The van der Waals surface area contributed by atoms with Gasteiger partial charge in [0.25, 0.3) is 0 Å². The minimum Gasteiger partial charge on any atom is -0.0475 e. The first-order chi connectivity index (χ1) is 4.90. The van der Waals surface area contributed by atoms with Crippen molar-refractivity contribution in [3.05, 3.63) is 0 Å². The van der Waals surface area contributed by atoms with Crippen LogP contribution in [0.25, 0.3) is 0 Å². The quantitative estimate of drug-likeness (QED) is 0.482. The lowest BCUT2D eigenvalue weighted by atomic mass is 9.56. The van der Waals surface area contributed by atoms with Crippen molar-refractivity contribution < 1.29 is 0 Å². The van der Waals surface area contributed by atoms with E-state index in [2.05, 4.69) is 0 Å². The van der Waals surface area contributed by atoms with Gasteiger partial charge in [-0.2, -0.15) is 0 Å². The highest BCUT2D eigenvalue weighted by Crippen LogP contribution is 2.53. The summed E-state index contributed by atoms with van der Waals surface area (Å²) in [7, 11) is 0. The van der Waals surface area contributed by atoms with Crippen molar-refractivity contribution in [1.29, 1.82) is 0 Å². The van der Waals surface area contributed by atoms with E-state index in [-0.39, 0.29) is 11.0 Å². The van der Waals surface area contributed by atoms with Gasteiger partial charge in [-0.15, -0.1) is 0 Å². The maximum absolute atomic E-state index is 1.60. The topological polar surface area (TPSA) is 0 Å². The predicted octanol–water partition coefficient (Wildman–Crippen LogP) is 2.45. The molecule has 0 nitrogen and oxygen atoms in total. The van der Waals surface area contributed by atoms with E-state index in [1.807, 2.05) is 0 Å². The Bertz CT molecular complexity index is 96.4. The summed E-state index contributed by atoms with van der Waals surface area (Å²) in [5.41, 5.74) is 0. The molecule has 4 radical (unpaired) electrons. The van der Waals surface area contributed by atoms with Crippen molar-refractivity contribution in [2.45, 2.75) is 38.5 Å². The summed E-state index contributed by atoms with van der Waals surface area (Å²) in [6, 6.07) is 0. The average molecular weight is 164 g/mol. The number of hydrogen-bond donors (Lipinski definition) is 0. The maximum atomic E-state index is 1.60. The monoisotopic (exact) mass is 164 g/mol. The molecule has 0 amide bonds. The summed E-state index contributed by atoms with van der Waals surface area (Å²) in [4.78, 5) is 0. The Morgan fingerprint density at radius 1 is 0.455 bits per heavy atom. The van der Waals surface area contributed by atoms with Crippen molar-refractivity contribution >= 4 is 11.0 Å². The second-order valence-electron chi connectivity index (χ2n) is 4.88. The third kappa shape index (κ3) is 1.18. The zero-order valence-electron chi connectivity index (χ0n) is 7.05. The van der Waals surface area contributed by atoms with Crippen LogP contribution >= 0.6 is 0 Å². The molecule has 4 aliphatic carbocycles. The van der Waals surface area contributed by atoms with Gasteiger partial charge in [-0.3, -0.25) is 0 Å². The van der Waals surface area contributed by atoms with E-state index in [1.54, 1.807) is 38.5 Å². The molecule has 0 N–H and O–H groups in total. The standard InChI is InChI=1S/C10H16.Si/c1-7-2-9-4-8(1)5-10(3-7)6-9;/h7-10H,1-6H2;. The molecule has 0 heterocycles. The lowest BCUT2D eigenvalue weighted by molar-refractivity contribution is 0.0198. The van der Waals surface area contributed by atoms with E-state index in [0.29, 0.717) is 0 Å². The first kappa shape index (κ1) is 7.84. The molecule has 0 aromatic heterocycles. The Morgan fingerprint density at radius 3 is 0.818 bits per heavy atom. The largest absolute Gasteiger partial charge is 0.0475 e. The van der Waals surface area contributed by atoms with Gasteiger partial charge in [-0.25, -0.2) is 0 Å². The summed E-state index contributed by atoms with van der Waals surface area (Å²) in [5, 5.41) is 0. The second-order valence-corrected chi connectivity index (χ2v) is 4.88. The summed E-state index contributed by atoms with van der Waals surface area (Å²) < 4.78 is 0. The molecule has 0 atom stereocenters. The Kier molecular flexibility index (Phi) is 1.87. The fourth-order valence-corrected chi connectivity index (χ4v) is 3.98. The summed E-state index contributed by atoms with van der Waals surface area (Å²) in [5.74, 6) is 4.71. The molecule has 11 heavy (non-hydrogen) atoms. The minimum atomic E-state index is 0. The van der Waals surface area contributed by atoms with Crippen molar-refractivity contribution in [1.82, 2.24) is 0 Å². The highest BCUT2D eigenvalue weighted by atomic mass is 28.1. The van der Waals surface area contributed by atoms with Crippen LogP contribution in [0.5, 0.6) is 0 Å². The van der Waals surface area contributed by atoms with Gasteiger partial charge >= 0.3 is 0 Å². The molecular formula is C10H16Si. The van der Waals surface area contributed by atoms with Crippen LogP contribution in [0.15, 0.2) is 0 Å². The van der Waals surface area contributed by atoms with E-state index in [4.69, 9.17) is 0 Å². The predicted molar refractivity (Wildman–Crippen MR) is 47.4 cm³/mol. The van der Waals surface area contributed by atoms with Crippen molar-refractivity contribution in [2.24, 2.45) is 23.7 Å². The second kappa shape index (κ2) is 2.62. The average Bonchev–Trinajstić information content (AvgIpc) is 1.82. The molecule has 0 aliphatic heterocycles. The van der Waals surface area contributed by atoms with Crippen molar-refractivity contribution in [3.63, 3.8) is 0 Å². The van der Waals surface area contributed by atoms with E-state index in [0.717, 1.165) is 0 Å². The first-order valence-electron chi connectivity index (χ1n) is 4.90. The highest BCUT2D eigenvalue weighted by Gasteiger charge is 2.41. The molecule has 0 spiro atoms. The van der Waals surface area contributed by atoms with Crippen molar-refractivity contribution in [3.8, 4) is 0 Å². The van der Waals surface area contributed by atoms with Gasteiger partial charge < -0.3 is 0 Å². The third-order valence-electron chi connectivity index (χ3n) is 4.00. The SMILES string of the molecule is C1C2CC3CC1CC(C2)C3.[Si]. The molecule has 0 saturated heterocycles. The Morgan fingerprint density at radius 2 is 0.636 bits per heavy atom. The fraction of sp³-hybridized carbons (Fsp3) is 1.00. The molecule has 0 unspecified atom stereocenters. The summed E-state index contributed by atoms with van der Waals surface area (Å²) in [6.45, 7) is 0. The minimum absolute atomic E-state index is 0. The van der Waals surface area contributed by atoms with E-state index < -0.39 is 0 Å². The van der Waals surface area contributed by atoms with Crippen LogP contribution in [0, 0.1) is 23.7 Å². The summed E-state index contributed by atoms with van der Waals surface area (Å²) in [6.07, 6.45) is 9.62. The zero-order valence-corrected chi connectivity index (χ0v) is 8.05.